The van der Waals surface area contributed by atoms with E-state index in [2.05, 4.69) is 12.2 Å². The van der Waals surface area contributed by atoms with Crippen LogP contribution >= 0.6 is 0 Å². The van der Waals surface area contributed by atoms with Crippen LogP contribution in [0.25, 0.3) is 0 Å². The molecule has 0 aromatic heterocycles. The van der Waals surface area contributed by atoms with Crippen LogP contribution in [0.2, 0.25) is 0 Å². The van der Waals surface area contributed by atoms with Gasteiger partial charge in [0.05, 0.1) is 21.2 Å². The highest BCUT2D eigenvalue weighted by Gasteiger charge is 2.19. The van der Waals surface area contributed by atoms with Crippen molar-refractivity contribution in [1.82, 2.24) is 0 Å². The Morgan fingerprint density at radius 1 is 1.12 bits per heavy atom. The summed E-state index contributed by atoms with van der Waals surface area (Å²) in [6, 6.07) is 11.3. The minimum atomic E-state index is -3.65. The highest BCUT2D eigenvalue weighted by atomic mass is 32.2. The van der Waals surface area contributed by atoms with Crippen molar-refractivity contribution in [3.63, 3.8) is 0 Å². The molecular weight excluding hydrogens is 324 g/mol. The second-order valence-corrected chi connectivity index (χ2v) is 7.63. The molecule has 2 rings (SSSR count). The molecule has 0 heterocycles. The number of nitrogens with one attached hydrogen (secondary N) is 1. The number of benzene rings is 2. The molecule has 0 aliphatic rings. The number of rotatable bonds is 6. The first-order valence-electron chi connectivity index (χ1n) is 7.85. The molecule has 0 spiro atoms. The third-order valence-corrected chi connectivity index (χ3v) is 5.42. The number of unbranched alkanes of at least 4 members (excludes halogenated alkanes) is 1. The van der Waals surface area contributed by atoms with Gasteiger partial charge in [-0.25, -0.2) is 8.42 Å². The smallest absolute Gasteiger partial charge is 0.221 e. The van der Waals surface area contributed by atoms with Crippen molar-refractivity contribution < 1.29 is 13.2 Å². The lowest BCUT2D eigenvalue weighted by molar-refractivity contribution is -0.114. The fraction of sp³-hybridized carbons (Fsp3) is 0.278. The van der Waals surface area contributed by atoms with E-state index in [9.17, 15) is 13.2 Å². The van der Waals surface area contributed by atoms with Crippen LogP contribution in [0.5, 0.6) is 0 Å². The van der Waals surface area contributed by atoms with Crippen molar-refractivity contribution >= 4 is 27.1 Å². The number of hydrogen-bond donors (Lipinski definition) is 2. The Morgan fingerprint density at radius 2 is 1.83 bits per heavy atom. The van der Waals surface area contributed by atoms with Crippen LogP contribution in [-0.4, -0.2) is 14.3 Å². The average Bonchev–Trinajstić information content (AvgIpc) is 2.54. The molecule has 1 amide bonds. The molecule has 0 saturated heterocycles. The summed E-state index contributed by atoms with van der Waals surface area (Å²) >= 11 is 0. The Labute approximate surface area is 142 Å². The minimum absolute atomic E-state index is 0.113. The largest absolute Gasteiger partial charge is 0.397 e. The second kappa shape index (κ2) is 7.49. The van der Waals surface area contributed by atoms with E-state index in [0.717, 1.165) is 24.8 Å². The zero-order chi connectivity index (χ0) is 17.7. The molecule has 0 aliphatic carbocycles. The van der Waals surface area contributed by atoms with Gasteiger partial charge < -0.3 is 11.1 Å². The van der Waals surface area contributed by atoms with Gasteiger partial charge in [0.2, 0.25) is 15.7 Å². The van der Waals surface area contributed by atoms with Gasteiger partial charge in [-0.2, -0.15) is 0 Å². The summed E-state index contributed by atoms with van der Waals surface area (Å²) in [6.07, 6.45) is 2.92. The number of nitrogens with two attached hydrogens (primary N) is 1. The predicted octanol–water partition coefficient (Wildman–Crippen LogP) is 3.40. The minimum Gasteiger partial charge on any atom is -0.397 e. The highest BCUT2D eigenvalue weighted by molar-refractivity contribution is 7.91. The second-order valence-electron chi connectivity index (χ2n) is 5.68. The molecule has 2 aromatic carbocycles. The standard InChI is InChI=1S/C18H22N2O3S/c1-3-4-6-14-7-5-8-15(11-14)24(22,23)16-9-10-18(17(19)12-16)20-13(2)21/h5,7-12H,3-4,6,19H2,1-2H3,(H,20,21). The molecule has 0 saturated carbocycles. The Kier molecular flexibility index (Phi) is 5.62. The highest BCUT2D eigenvalue weighted by Crippen LogP contribution is 2.27. The maximum atomic E-state index is 12.8. The van der Waals surface area contributed by atoms with Crippen LogP contribution < -0.4 is 11.1 Å². The van der Waals surface area contributed by atoms with Gasteiger partial charge in [-0.1, -0.05) is 25.5 Å². The summed E-state index contributed by atoms with van der Waals surface area (Å²) < 4.78 is 25.6. The van der Waals surface area contributed by atoms with Crippen LogP contribution in [0.3, 0.4) is 0 Å². The summed E-state index contributed by atoms with van der Waals surface area (Å²) in [7, 11) is -3.65. The van der Waals surface area contributed by atoms with E-state index in [1.54, 1.807) is 18.2 Å². The number of hydrogen-bond acceptors (Lipinski definition) is 4. The quantitative estimate of drug-likeness (QED) is 0.785. The van der Waals surface area contributed by atoms with E-state index in [4.69, 9.17) is 5.73 Å². The van der Waals surface area contributed by atoms with Crippen molar-refractivity contribution in [2.45, 2.75) is 42.9 Å². The number of aryl methyl sites for hydroxylation is 1. The third kappa shape index (κ3) is 4.14. The van der Waals surface area contributed by atoms with Gasteiger partial charge >= 0.3 is 0 Å². The van der Waals surface area contributed by atoms with Crippen LogP contribution in [0.15, 0.2) is 52.3 Å². The summed E-state index contributed by atoms with van der Waals surface area (Å²) in [5, 5.41) is 2.57. The van der Waals surface area contributed by atoms with Crippen molar-refractivity contribution in [2.24, 2.45) is 0 Å². The number of carbonyl (C=O) groups is 1. The number of sulfone groups is 1. The molecule has 6 heteroatoms. The van der Waals surface area contributed by atoms with E-state index < -0.39 is 9.84 Å². The lowest BCUT2D eigenvalue weighted by Gasteiger charge is -2.10. The summed E-state index contributed by atoms with van der Waals surface area (Å²) in [5.74, 6) is -0.263. The normalized spacial score (nSPS) is 11.2. The van der Waals surface area contributed by atoms with Gasteiger partial charge in [-0.3, -0.25) is 4.79 Å². The number of nitrogen functional groups attached to an aromatic ring is 1. The first-order valence-corrected chi connectivity index (χ1v) is 9.34. The van der Waals surface area contributed by atoms with Gasteiger partial charge in [0.1, 0.15) is 0 Å². The van der Waals surface area contributed by atoms with Crippen LogP contribution in [-0.2, 0) is 21.1 Å². The first-order chi connectivity index (χ1) is 11.3. The zero-order valence-corrected chi connectivity index (χ0v) is 14.7. The molecule has 0 bridgehead atoms. The number of anilines is 2. The fourth-order valence-corrected chi connectivity index (χ4v) is 3.76. The van der Waals surface area contributed by atoms with Crippen LogP contribution in [0, 0.1) is 0 Å². The lowest BCUT2D eigenvalue weighted by atomic mass is 10.1. The maximum absolute atomic E-state index is 12.8. The van der Waals surface area contributed by atoms with E-state index in [1.165, 1.54) is 25.1 Å². The van der Waals surface area contributed by atoms with Gasteiger partial charge in [-0.15, -0.1) is 0 Å². The Bertz CT molecular complexity index is 845. The van der Waals surface area contributed by atoms with Crippen LogP contribution in [0.1, 0.15) is 32.3 Å². The SMILES string of the molecule is CCCCc1cccc(S(=O)(=O)c2ccc(NC(C)=O)c(N)c2)c1. The molecule has 3 N–H and O–H groups in total. The predicted molar refractivity (Wildman–Crippen MR) is 95.7 cm³/mol. The zero-order valence-electron chi connectivity index (χ0n) is 13.9. The Morgan fingerprint density at radius 3 is 2.46 bits per heavy atom. The van der Waals surface area contributed by atoms with Crippen molar-refractivity contribution in [1.29, 1.82) is 0 Å². The molecule has 0 radical (unpaired) electrons. The number of amides is 1. The average molecular weight is 346 g/mol. The lowest BCUT2D eigenvalue weighted by Crippen LogP contribution is -2.09. The van der Waals surface area contributed by atoms with E-state index >= 15 is 0 Å². The van der Waals surface area contributed by atoms with Crippen molar-refractivity contribution in [3.05, 3.63) is 48.0 Å². The summed E-state index contributed by atoms with van der Waals surface area (Å²) in [5.41, 5.74) is 7.48. The van der Waals surface area contributed by atoms with E-state index in [-0.39, 0.29) is 21.4 Å². The third-order valence-electron chi connectivity index (χ3n) is 3.67. The molecular formula is C18H22N2O3S. The van der Waals surface area contributed by atoms with Gasteiger partial charge in [0, 0.05) is 6.92 Å². The van der Waals surface area contributed by atoms with Crippen molar-refractivity contribution in [2.75, 3.05) is 11.1 Å². The molecule has 0 aliphatic heterocycles. The van der Waals surface area contributed by atoms with E-state index in [1.807, 2.05) is 6.07 Å². The number of carbonyl (C=O) groups excluding carboxylic acids is 1. The monoisotopic (exact) mass is 346 g/mol. The van der Waals surface area contributed by atoms with Crippen LogP contribution in [0.4, 0.5) is 11.4 Å². The molecule has 0 fully saturated rings. The molecule has 5 nitrogen and oxygen atoms in total. The van der Waals surface area contributed by atoms with Gasteiger partial charge in [0.25, 0.3) is 0 Å². The van der Waals surface area contributed by atoms with E-state index in [0.29, 0.717) is 5.69 Å². The first kappa shape index (κ1) is 18.0. The maximum Gasteiger partial charge on any atom is 0.221 e. The summed E-state index contributed by atoms with van der Waals surface area (Å²) in [6.45, 7) is 3.46. The Balaban J connectivity index is 2.36. The Hall–Kier alpha value is -2.34. The molecule has 24 heavy (non-hydrogen) atoms. The molecule has 0 atom stereocenters. The fourth-order valence-electron chi connectivity index (χ4n) is 2.40. The molecule has 2 aromatic rings. The van der Waals surface area contributed by atoms with Crippen molar-refractivity contribution in [3.8, 4) is 0 Å². The summed E-state index contributed by atoms with van der Waals surface area (Å²) in [4.78, 5) is 11.5. The topological polar surface area (TPSA) is 89.3 Å². The molecule has 128 valence electrons. The molecule has 0 unspecified atom stereocenters. The van der Waals surface area contributed by atoms with Gasteiger partial charge in [0.15, 0.2) is 0 Å². The van der Waals surface area contributed by atoms with Gasteiger partial charge in [-0.05, 0) is 48.7 Å².